The fourth-order valence-corrected chi connectivity index (χ4v) is 2.90. The zero-order valence-electron chi connectivity index (χ0n) is 12.0. The molecule has 116 valence electrons. The fraction of sp³-hybridized carbons (Fsp3) is 0.200. The van der Waals surface area contributed by atoms with Gasteiger partial charge < -0.3 is 14.8 Å². The van der Waals surface area contributed by atoms with Gasteiger partial charge in [0, 0.05) is 10.4 Å². The number of methoxy groups -OCH3 is 2. The summed E-state index contributed by atoms with van der Waals surface area (Å²) in [5.74, 6) is -0.297. The number of halogens is 1. The predicted octanol–water partition coefficient (Wildman–Crippen LogP) is 3.05. The first-order valence-corrected chi connectivity index (χ1v) is 7.52. The van der Waals surface area contributed by atoms with Crippen LogP contribution in [0, 0.1) is 0 Å². The Bertz CT molecular complexity index is 668. The van der Waals surface area contributed by atoms with Gasteiger partial charge in [-0.1, -0.05) is 11.6 Å². The predicted molar refractivity (Wildman–Crippen MR) is 84.5 cm³/mol. The molecule has 1 aromatic carbocycles. The average Bonchev–Trinajstić information content (AvgIpc) is 2.97. The minimum Gasteiger partial charge on any atom is -0.497 e. The first-order chi connectivity index (χ1) is 10.5. The van der Waals surface area contributed by atoms with E-state index < -0.39 is 12.0 Å². The highest BCUT2D eigenvalue weighted by atomic mass is 35.5. The molecular weight excluding hydrogens is 326 g/mol. The van der Waals surface area contributed by atoms with Gasteiger partial charge in [0.25, 0.3) is 5.91 Å². The molecule has 0 saturated carbocycles. The van der Waals surface area contributed by atoms with Crippen LogP contribution in [0.4, 0.5) is 0 Å². The smallest absolute Gasteiger partial charge is 0.333 e. The van der Waals surface area contributed by atoms with E-state index in [0.717, 1.165) is 0 Å². The van der Waals surface area contributed by atoms with Crippen molar-refractivity contribution in [1.29, 1.82) is 0 Å². The molecule has 0 bridgehead atoms. The normalized spacial score (nSPS) is 11.6. The summed E-state index contributed by atoms with van der Waals surface area (Å²) in [7, 11) is 2.81. The number of nitrogens with one attached hydrogen (secondary N) is 1. The highest BCUT2D eigenvalue weighted by Crippen LogP contribution is 2.28. The van der Waals surface area contributed by atoms with Crippen LogP contribution in [0.5, 0.6) is 5.75 Å². The third kappa shape index (κ3) is 3.78. The average molecular weight is 340 g/mol. The summed E-state index contributed by atoms with van der Waals surface area (Å²) in [6.07, 6.45) is 0. The van der Waals surface area contributed by atoms with Crippen LogP contribution in [0.3, 0.4) is 0 Å². The van der Waals surface area contributed by atoms with Crippen molar-refractivity contribution in [2.75, 3.05) is 14.2 Å². The first kappa shape index (κ1) is 16.3. The van der Waals surface area contributed by atoms with Gasteiger partial charge >= 0.3 is 5.97 Å². The Balaban J connectivity index is 2.18. The molecule has 0 saturated heterocycles. The number of thiophene rings is 1. The Hall–Kier alpha value is -2.05. The molecule has 0 fully saturated rings. The van der Waals surface area contributed by atoms with Crippen LogP contribution >= 0.6 is 22.9 Å². The van der Waals surface area contributed by atoms with Crippen molar-refractivity contribution in [3.8, 4) is 5.75 Å². The molecule has 0 spiro atoms. The van der Waals surface area contributed by atoms with Crippen molar-refractivity contribution in [2.45, 2.75) is 6.04 Å². The molecule has 2 aromatic rings. The Kier molecular flexibility index (Phi) is 5.41. The molecular formula is C15H14ClNO4S. The topological polar surface area (TPSA) is 64.6 Å². The first-order valence-electron chi connectivity index (χ1n) is 6.33. The summed E-state index contributed by atoms with van der Waals surface area (Å²) in [6, 6.07) is 9.03. The minimum absolute atomic E-state index is 0.387. The number of carbonyl (C=O) groups is 2. The number of amides is 1. The number of rotatable bonds is 5. The Morgan fingerprint density at radius 2 is 1.82 bits per heavy atom. The lowest BCUT2D eigenvalue weighted by Crippen LogP contribution is -2.34. The Morgan fingerprint density at radius 3 is 2.32 bits per heavy atom. The number of esters is 1. The summed E-state index contributed by atoms with van der Waals surface area (Å²) in [4.78, 5) is 24.8. The highest BCUT2D eigenvalue weighted by Gasteiger charge is 2.25. The molecule has 1 atom stereocenters. The quantitative estimate of drug-likeness (QED) is 0.850. The van der Waals surface area contributed by atoms with Gasteiger partial charge in [-0.05, 0) is 36.4 Å². The van der Waals surface area contributed by atoms with Crippen LogP contribution in [-0.2, 0) is 9.53 Å². The van der Waals surface area contributed by atoms with Crippen molar-refractivity contribution in [1.82, 2.24) is 5.32 Å². The van der Waals surface area contributed by atoms with Crippen LogP contribution in [0.1, 0.15) is 21.3 Å². The maximum atomic E-state index is 12.3. The molecule has 0 aliphatic rings. The number of ether oxygens (including phenoxy) is 2. The third-order valence-electron chi connectivity index (χ3n) is 2.94. The van der Waals surface area contributed by atoms with Crippen molar-refractivity contribution in [3.05, 3.63) is 51.2 Å². The molecule has 1 N–H and O–H groups in total. The van der Waals surface area contributed by atoms with Crippen molar-refractivity contribution >= 4 is 34.8 Å². The van der Waals surface area contributed by atoms with Crippen LogP contribution in [-0.4, -0.2) is 26.1 Å². The molecule has 0 aliphatic carbocycles. The molecule has 1 unspecified atom stereocenters. The van der Waals surface area contributed by atoms with Gasteiger partial charge in [-0.2, -0.15) is 0 Å². The molecule has 1 aromatic heterocycles. The number of benzene rings is 1. The summed E-state index contributed by atoms with van der Waals surface area (Å²) < 4.78 is 10.3. The Morgan fingerprint density at radius 1 is 1.14 bits per heavy atom. The van der Waals surface area contributed by atoms with Crippen LogP contribution in [0.15, 0.2) is 36.4 Å². The van der Waals surface area contributed by atoms with Gasteiger partial charge in [0.05, 0.1) is 18.6 Å². The van der Waals surface area contributed by atoms with E-state index in [1.165, 1.54) is 18.4 Å². The molecule has 0 aliphatic heterocycles. The molecule has 2 rings (SSSR count). The van der Waals surface area contributed by atoms with E-state index >= 15 is 0 Å². The maximum Gasteiger partial charge on any atom is 0.333 e. The summed E-state index contributed by atoms with van der Waals surface area (Å²) in [6.45, 7) is 0. The van der Waals surface area contributed by atoms with Crippen molar-refractivity contribution in [3.63, 3.8) is 0 Å². The zero-order chi connectivity index (χ0) is 16.1. The number of carbonyl (C=O) groups excluding carboxylic acids is 2. The lowest BCUT2D eigenvalue weighted by Gasteiger charge is -2.15. The molecule has 1 amide bonds. The van der Waals surface area contributed by atoms with Gasteiger partial charge in [-0.15, -0.1) is 11.3 Å². The van der Waals surface area contributed by atoms with E-state index in [2.05, 4.69) is 5.32 Å². The zero-order valence-corrected chi connectivity index (χ0v) is 13.5. The van der Waals surface area contributed by atoms with Crippen LogP contribution < -0.4 is 10.1 Å². The monoisotopic (exact) mass is 339 g/mol. The Labute approximate surface area is 136 Å². The SMILES string of the molecule is COC(=O)C(NC(=O)c1ccc(OC)cc1)c1ccc(Cl)s1. The van der Waals surface area contributed by atoms with E-state index in [0.29, 0.717) is 20.5 Å². The summed E-state index contributed by atoms with van der Waals surface area (Å²) in [5.41, 5.74) is 0.414. The van der Waals surface area contributed by atoms with Crippen LogP contribution in [0.25, 0.3) is 0 Å². The summed E-state index contributed by atoms with van der Waals surface area (Å²) in [5, 5.41) is 2.65. The van der Waals surface area contributed by atoms with E-state index in [1.54, 1.807) is 43.5 Å². The second kappa shape index (κ2) is 7.29. The van der Waals surface area contributed by atoms with E-state index in [-0.39, 0.29) is 5.91 Å². The van der Waals surface area contributed by atoms with E-state index in [1.807, 2.05) is 0 Å². The second-order valence-corrected chi connectivity index (χ2v) is 6.05. The second-order valence-electron chi connectivity index (χ2n) is 4.30. The van der Waals surface area contributed by atoms with E-state index in [9.17, 15) is 9.59 Å². The highest BCUT2D eigenvalue weighted by molar-refractivity contribution is 7.16. The largest absolute Gasteiger partial charge is 0.497 e. The molecule has 22 heavy (non-hydrogen) atoms. The number of hydrogen-bond acceptors (Lipinski definition) is 5. The van der Waals surface area contributed by atoms with Gasteiger partial charge in [0.2, 0.25) is 0 Å². The molecule has 5 nitrogen and oxygen atoms in total. The lowest BCUT2D eigenvalue weighted by atomic mass is 10.1. The van der Waals surface area contributed by atoms with E-state index in [4.69, 9.17) is 21.1 Å². The molecule has 1 heterocycles. The van der Waals surface area contributed by atoms with Gasteiger partial charge in [0.15, 0.2) is 6.04 Å². The standard InChI is InChI=1S/C15H14ClNO4S/c1-20-10-5-3-9(4-6-10)14(18)17-13(15(19)21-2)11-7-8-12(16)22-11/h3-8,13H,1-2H3,(H,17,18). The molecule has 0 radical (unpaired) electrons. The third-order valence-corrected chi connectivity index (χ3v) is 4.24. The van der Waals surface area contributed by atoms with Crippen molar-refractivity contribution in [2.24, 2.45) is 0 Å². The van der Waals surface area contributed by atoms with Crippen LogP contribution in [0.2, 0.25) is 4.34 Å². The van der Waals surface area contributed by atoms with Gasteiger partial charge in [0.1, 0.15) is 5.75 Å². The maximum absolute atomic E-state index is 12.3. The summed E-state index contributed by atoms with van der Waals surface area (Å²) >= 11 is 7.09. The molecule has 7 heteroatoms. The van der Waals surface area contributed by atoms with Crippen molar-refractivity contribution < 1.29 is 19.1 Å². The lowest BCUT2D eigenvalue weighted by molar-refractivity contribution is -0.143. The number of hydrogen-bond donors (Lipinski definition) is 1. The van der Waals surface area contributed by atoms with Gasteiger partial charge in [-0.25, -0.2) is 4.79 Å². The minimum atomic E-state index is -0.892. The fourth-order valence-electron chi connectivity index (χ4n) is 1.80. The van der Waals surface area contributed by atoms with Gasteiger partial charge in [-0.3, -0.25) is 4.79 Å².